The number of nitrogens with two attached hydrogens (primary N) is 1. The van der Waals surface area contributed by atoms with Gasteiger partial charge >= 0.3 is 5.65 Å². The molecule has 1 amide bonds. The molecule has 0 bridgehead atoms. The van der Waals surface area contributed by atoms with Gasteiger partial charge in [-0.2, -0.15) is 0 Å². The number of ether oxygens (including phenoxy) is 1. The molecule has 4 atom stereocenters. The van der Waals surface area contributed by atoms with Crippen molar-refractivity contribution in [3.63, 3.8) is 0 Å². The van der Waals surface area contributed by atoms with Gasteiger partial charge in [-0.05, 0) is 13.3 Å². The maximum atomic E-state index is 12.3. The fourth-order valence-corrected chi connectivity index (χ4v) is 3.93. The highest BCUT2D eigenvalue weighted by Gasteiger charge is 2.46. The van der Waals surface area contributed by atoms with E-state index < -0.39 is 12.3 Å². The number of anilines is 1. The van der Waals surface area contributed by atoms with Crippen LogP contribution in [0.4, 0.5) is 5.95 Å². The third-order valence-electron chi connectivity index (χ3n) is 5.53. The smallest absolute Gasteiger partial charge is 0.313 e. The number of hydrogen-bond acceptors (Lipinski definition) is 6. The number of aliphatic hydroxyl groups excluding tert-OH is 1. The predicted octanol–water partition coefficient (Wildman–Crippen LogP) is 0.112. The van der Waals surface area contributed by atoms with Gasteiger partial charge in [-0.3, -0.25) is 19.1 Å². The summed E-state index contributed by atoms with van der Waals surface area (Å²) in [7, 11) is 1.71. The number of nitrogen functional groups attached to an aromatic ring is 1. The minimum absolute atomic E-state index is 0.0121. The zero-order valence-corrected chi connectivity index (χ0v) is 17.2. The Labute approximate surface area is 169 Å². The number of aliphatic hydroxyl groups is 1. The fraction of sp³-hybridized carbons (Fsp3) is 0.684. The maximum Gasteiger partial charge on any atom is 0.313 e. The number of aromatic amines is 1. The first-order valence-electron chi connectivity index (χ1n) is 10.2. The summed E-state index contributed by atoms with van der Waals surface area (Å²) in [6.45, 7) is 4.62. The summed E-state index contributed by atoms with van der Waals surface area (Å²) in [5.74, 6) is -0.469. The van der Waals surface area contributed by atoms with Crippen LogP contribution in [0.2, 0.25) is 0 Å². The van der Waals surface area contributed by atoms with Gasteiger partial charge in [0.1, 0.15) is 6.10 Å². The van der Waals surface area contributed by atoms with Crippen LogP contribution < -0.4 is 21.2 Å². The fourth-order valence-electron chi connectivity index (χ4n) is 3.93. The number of nitrogens with one attached hydrogen (secondary N) is 2. The molecule has 29 heavy (non-hydrogen) atoms. The lowest BCUT2D eigenvalue weighted by atomic mass is 9.94. The van der Waals surface area contributed by atoms with Crippen molar-refractivity contribution in [1.29, 1.82) is 0 Å². The van der Waals surface area contributed by atoms with E-state index in [9.17, 15) is 14.7 Å². The van der Waals surface area contributed by atoms with Crippen molar-refractivity contribution < 1.29 is 19.2 Å². The molecule has 2 aromatic rings. The SMILES string of the molecule is CCCCCCNC(=O)C[C@H]1[C@@H](O)[C@H]([n+]2cn(C)c3c(=O)[nH]c(N)nc32)O[C@@H]1C. The lowest BCUT2D eigenvalue weighted by Gasteiger charge is -2.17. The van der Waals surface area contributed by atoms with E-state index in [1.54, 1.807) is 22.5 Å². The minimum Gasteiger partial charge on any atom is -0.386 e. The number of aryl methyl sites for hydroxylation is 1. The van der Waals surface area contributed by atoms with Crippen LogP contribution in [0.15, 0.2) is 11.1 Å². The van der Waals surface area contributed by atoms with E-state index in [1.165, 1.54) is 0 Å². The van der Waals surface area contributed by atoms with Gasteiger partial charge in [0.05, 0.1) is 13.2 Å². The third kappa shape index (κ3) is 4.43. The van der Waals surface area contributed by atoms with E-state index in [0.717, 1.165) is 25.7 Å². The first-order chi connectivity index (χ1) is 13.8. The first-order valence-corrected chi connectivity index (χ1v) is 10.2. The van der Waals surface area contributed by atoms with Crippen LogP contribution in [-0.4, -0.2) is 44.3 Å². The van der Waals surface area contributed by atoms with Gasteiger partial charge in [0.2, 0.25) is 17.7 Å². The van der Waals surface area contributed by atoms with Crippen molar-refractivity contribution in [3.8, 4) is 0 Å². The Bertz CT molecular complexity index is 923. The van der Waals surface area contributed by atoms with Gasteiger partial charge < -0.3 is 20.9 Å². The van der Waals surface area contributed by atoms with Gasteiger partial charge in [0.25, 0.3) is 11.5 Å². The van der Waals surface area contributed by atoms with Gasteiger partial charge in [-0.25, -0.2) is 4.57 Å². The zero-order chi connectivity index (χ0) is 21.1. The summed E-state index contributed by atoms with van der Waals surface area (Å²) in [4.78, 5) is 31.2. The molecule has 0 spiro atoms. The summed E-state index contributed by atoms with van der Waals surface area (Å²) < 4.78 is 9.17. The molecule has 10 heteroatoms. The van der Waals surface area contributed by atoms with Crippen LogP contribution in [0.1, 0.15) is 52.2 Å². The second kappa shape index (κ2) is 8.91. The maximum absolute atomic E-state index is 12.3. The van der Waals surface area contributed by atoms with E-state index in [0.29, 0.717) is 17.7 Å². The number of imidazole rings is 1. The molecule has 1 aliphatic rings. The molecule has 10 nitrogen and oxygen atoms in total. The molecule has 2 aromatic heterocycles. The molecule has 3 heterocycles. The van der Waals surface area contributed by atoms with Gasteiger partial charge in [-0.1, -0.05) is 31.2 Å². The van der Waals surface area contributed by atoms with Crippen molar-refractivity contribution >= 4 is 23.0 Å². The molecule has 0 aromatic carbocycles. The number of carbonyl (C=O) groups is 1. The van der Waals surface area contributed by atoms with E-state index in [4.69, 9.17) is 10.5 Å². The number of fused-ring (bicyclic) bond motifs is 1. The Morgan fingerprint density at radius 3 is 2.93 bits per heavy atom. The third-order valence-corrected chi connectivity index (χ3v) is 5.53. The highest BCUT2D eigenvalue weighted by molar-refractivity contribution is 5.76. The average molecular weight is 407 g/mol. The molecule has 0 unspecified atom stereocenters. The van der Waals surface area contributed by atoms with Crippen molar-refractivity contribution in [1.82, 2.24) is 19.9 Å². The number of carbonyl (C=O) groups excluding carboxylic acids is 1. The predicted molar refractivity (Wildman–Crippen MR) is 107 cm³/mol. The number of unbranched alkanes of at least 4 members (excludes halogenated alkanes) is 3. The topological polar surface area (TPSA) is 139 Å². The quantitative estimate of drug-likeness (QED) is 0.362. The Morgan fingerprint density at radius 2 is 2.21 bits per heavy atom. The second-order valence-corrected chi connectivity index (χ2v) is 7.76. The van der Waals surface area contributed by atoms with Gasteiger partial charge in [0.15, 0.2) is 6.33 Å². The average Bonchev–Trinajstić information content (AvgIpc) is 3.12. The summed E-state index contributed by atoms with van der Waals surface area (Å²) in [5, 5.41) is 13.8. The van der Waals surface area contributed by atoms with Gasteiger partial charge in [0, 0.05) is 18.9 Å². The highest BCUT2D eigenvalue weighted by Crippen LogP contribution is 2.33. The number of amides is 1. The molecule has 0 radical (unpaired) electrons. The van der Waals surface area contributed by atoms with E-state index in [2.05, 4.69) is 22.2 Å². The number of rotatable bonds is 8. The van der Waals surface area contributed by atoms with Crippen LogP contribution in [-0.2, 0) is 16.6 Å². The Balaban J connectivity index is 1.72. The number of nitrogens with zero attached hydrogens (tertiary/aromatic N) is 3. The monoisotopic (exact) mass is 407 g/mol. The molecule has 0 saturated carbocycles. The number of H-pyrrole nitrogens is 1. The molecule has 3 rings (SSSR count). The molecule has 1 saturated heterocycles. The summed E-state index contributed by atoms with van der Waals surface area (Å²) in [6, 6.07) is 0. The van der Waals surface area contributed by atoms with Crippen LogP contribution >= 0.6 is 0 Å². The first kappa shape index (κ1) is 21.3. The Kier molecular flexibility index (Phi) is 6.53. The molecule has 1 fully saturated rings. The summed E-state index contributed by atoms with van der Waals surface area (Å²) in [6.07, 6.45) is 4.16. The van der Waals surface area contributed by atoms with Crippen LogP contribution in [0, 0.1) is 5.92 Å². The van der Waals surface area contributed by atoms with Crippen molar-refractivity contribution in [2.45, 2.75) is 64.4 Å². The lowest BCUT2D eigenvalue weighted by molar-refractivity contribution is -0.745. The van der Waals surface area contributed by atoms with Crippen LogP contribution in [0.25, 0.3) is 11.2 Å². The largest absolute Gasteiger partial charge is 0.386 e. The van der Waals surface area contributed by atoms with Crippen LogP contribution in [0.5, 0.6) is 0 Å². The summed E-state index contributed by atoms with van der Waals surface area (Å²) >= 11 is 0. The minimum atomic E-state index is -0.922. The van der Waals surface area contributed by atoms with Gasteiger partial charge in [-0.15, -0.1) is 0 Å². The molecular formula is C19H31N6O4+. The van der Waals surface area contributed by atoms with E-state index >= 15 is 0 Å². The normalized spacial score (nSPS) is 24.3. The number of aromatic nitrogens is 4. The van der Waals surface area contributed by atoms with Crippen LogP contribution in [0.3, 0.4) is 0 Å². The standard InChI is InChI=1S/C19H30N6O4/c1-4-5-6-7-8-21-13(26)9-12-11(2)29-18(15(12)27)25-10-24(3)14-16(25)22-19(20)23-17(14)28/h10-12,15,18,27H,4-9H2,1-3H3,(H3-,20,21,22,23,26,28)/p+1/t11-,12-,15-,18-/m1/s1. The molecule has 160 valence electrons. The molecule has 1 aliphatic heterocycles. The van der Waals surface area contributed by atoms with Crippen molar-refractivity contribution in [3.05, 3.63) is 16.7 Å². The van der Waals surface area contributed by atoms with Crippen molar-refractivity contribution in [2.24, 2.45) is 13.0 Å². The number of hydrogen-bond donors (Lipinski definition) is 4. The second-order valence-electron chi connectivity index (χ2n) is 7.76. The molecule has 5 N–H and O–H groups in total. The van der Waals surface area contributed by atoms with Crippen molar-refractivity contribution in [2.75, 3.05) is 12.3 Å². The Morgan fingerprint density at radius 1 is 1.45 bits per heavy atom. The summed E-state index contributed by atoms with van der Waals surface area (Å²) in [5.41, 5.74) is 5.98. The molecule has 0 aliphatic carbocycles. The molecular weight excluding hydrogens is 376 g/mol. The lowest BCUT2D eigenvalue weighted by Crippen LogP contribution is -2.45. The van der Waals surface area contributed by atoms with E-state index in [-0.39, 0.29) is 35.9 Å². The Hall–Kier alpha value is -2.46. The highest BCUT2D eigenvalue weighted by atomic mass is 16.5. The zero-order valence-electron chi connectivity index (χ0n) is 17.2. The van der Waals surface area contributed by atoms with E-state index in [1.807, 2.05) is 6.92 Å².